The fraction of sp³-hybridized carbons (Fsp3) is 0.417. The molecule has 0 saturated heterocycles. The van der Waals surface area contributed by atoms with Crippen molar-refractivity contribution in [2.24, 2.45) is 0 Å². The van der Waals surface area contributed by atoms with Gasteiger partial charge in [-0.05, 0) is 37.6 Å². The standard InChI is InChI=1S/C12H15FO3S/c1-3-16-12(15)7-17-11-5-4-9(13)6-10(11)8(2)14/h4-6,8,14H,3,7H2,1-2H3/t8-/m0/s1. The number of thioether (sulfide) groups is 1. The van der Waals surface area contributed by atoms with E-state index in [1.165, 1.54) is 23.9 Å². The van der Waals surface area contributed by atoms with Crippen LogP contribution in [0.3, 0.4) is 0 Å². The Morgan fingerprint density at radius 1 is 1.59 bits per heavy atom. The van der Waals surface area contributed by atoms with Crippen LogP contribution in [0.5, 0.6) is 0 Å². The van der Waals surface area contributed by atoms with Gasteiger partial charge in [-0.15, -0.1) is 11.8 Å². The van der Waals surface area contributed by atoms with Crippen molar-refractivity contribution in [2.45, 2.75) is 24.8 Å². The number of aliphatic hydroxyl groups is 1. The Kier molecular flexibility index (Phi) is 5.44. The molecule has 0 aromatic heterocycles. The highest BCUT2D eigenvalue weighted by atomic mass is 32.2. The maximum Gasteiger partial charge on any atom is 0.316 e. The Balaban J connectivity index is 2.73. The van der Waals surface area contributed by atoms with Crippen molar-refractivity contribution < 1.29 is 19.0 Å². The van der Waals surface area contributed by atoms with E-state index in [4.69, 9.17) is 4.74 Å². The molecule has 17 heavy (non-hydrogen) atoms. The van der Waals surface area contributed by atoms with Crippen LogP contribution in [0.1, 0.15) is 25.5 Å². The molecular formula is C12H15FO3S. The molecule has 3 nitrogen and oxygen atoms in total. The summed E-state index contributed by atoms with van der Waals surface area (Å²) in [6.45, 7) is 3.64. The van der Waals surface area contributed by atoms with E-state index >= 15 is 0 Å². The number of hydrogen-bond acceptors (Lipinski definition) is 4. The summed E-state index contributed by atoms with van der Waals surface area (Å²) in [5.74, 6) is -0.570. The molecule has 0 unspecified atom stereocenters. The van der Waals surface area contributed by atoms with Gasteiger partial charge in [0.15, 0.2) is 0 Å². The van der Waals surface area contributed by atoms with Crippen LogP contribution in [0.2, 0.25) is 0 Å². The van der Waals surface area contributed by atoms with Crippen molar-refractivity contribution in [1.29, 1.82) is 0 Å². The second-order valence-electron chi connectivity index (χ2n) is 3.45. The molecule has 0 aliphatic heterocycles. The summed E-state index contributed by atoms with van der Waals surface area (Å²) < 4.78 is 17.8. The summed E-state index contributed by atoms with van der Waals surface area (Å²) in [5, 5.41) is 9.50. The third kappa shape index (κ3) is 4.36. The first-order valence-electron chi connectivity index (χ1n) is 5.30. The molecule has 1 atom stereocenters. The minimum absolute atomic E-state index is 0.152. The molecule has 0 aliphatic rings. The fourth-order valence-corrected chi connectivity index (χ4v) is 2.23. The summed E-state index contributed by atoms with van der Waals surface area (Å²) >= 11 is 1.23. The fourth-order valence-electron chi connectivity index (χ4n) is 1.32. The number of halogens is 1. The Labute approximate surface area is 104 Å². The van der Waals surface area contributed by atoms with Crippen molar-refractivity contribution in [1.82, 2.24) is 0 Å². The lowest BCUT2D eigenvalue weighted by molar-refractivity contribution is -0.139. The Morgan fingerprint density at radius 2 is 2.29 bits per heavy atom. The van der Waals surface area contributed by atoms with E-state index in [0.29, 0.717) is 17.1 Å². The number of hydrogen-bond donors (Lipinski definition) is 1. The first kappa shape index (κ1) is 14.0. The van der Waals surface area contributed by atoms with Gasteiger partial charge in [-0.25, -0.2) is 4.39 Å². The maximum absolute atomic E-state index is 13.0. The SMILES string of the molecule is CCOC(=O)CSc1ccc(F)cc1[C@H](C)O. The van der Waals surface area contributed by atoms with Crippen LogP contribution in [-0.2, 0) is 9.53 Å². The van der Waals surface area contributed by atoms with E-state index < -0.39 is 11.9 Å². The topological polar surface area (TPSA) is 46.5 Å². The molecule has 1 N–H and O–H groups in total. The molecule has 94 valence electrons. The molecule has 1 aromatic carbocycles. The van der Waals surface area contributed by atoms with Gasteiger partial charge in [0, 0.05) is 4.90 Å². The summed E-state index contributed by atoms with van der Waals surface area (Å²) in [5.41, 5.74) is 0.485. The molecule has 0 heterocycles. The van der Waals surface area contributed by atoms with Crippen LogP contribution in [0, 0.1) is 5.82 Å². The average Bonchev–Trinajstić information content (AvgIpc) is 2.27. The highest BCUT2D eigenvalue weighted by Gasteiger charge is 2.11. The number of carbonyl (C=O) groups is 1. The molecule has 0 bridgehead atoms. The van der Waals surface area contributed by atoms with Crippen LogP contribution in [0.4, 0.5) is 4.39 Å². The van der Waals surface area contributed by atoms with E-state index in [1.807, 2.05) is 0 Å². The third-order valence-electron chi connectivity index (χ3n) is 2.07. The lowest BCUT2D eigenvalue weighted by atomic mass is 10.1. The summed E-state index contributed by atoms with van der Waals surface area (Å²) in [6, 6.07) is 4.14. The Morgan fingerprint density at radius 3 is 2.88 bits per heavy atom. The highest BCUT2D eigenvalue weighted by Crippen LogP contribution is 2.28. The molecule has 1 aromatic rings. The van der Waals surface area contributed by atoms with E-state index in [1.54, 1.807) is 19.9 Å². The van der Waals surface area contributed by atoms with Gasteiger partial charge in [-0.2, -0.15) is 0 Å². The first-order chi connectivity index (χ1) is 8.04. The minimum Gasteiger partial charge on any atom is -0.465 e. The van der Waals surface area contributed by atoms with Crippen LogP contribution >= 0.6 is 11.8 Å². The Hall–Kier alpha value is -1.07. The van der Waals surface area contributed by atoms with Gasteiger partial charge in [-0.3, -0.25) is 4.79 Å². The van der Waals surface area contributed by atoms with Gasteiger partial charge in [-0.1, -0.05) is 0 Å². The molecule has 5 heteroatoms. The van der Waals surface area contributed by atoms with Gasteiger partial charge in [0.2, 0.25) is 0 Å². The van der Waals surface area contributed by atoms with E-state index in [-0.39, 0.29) is 11.7 Å². The molecule has 0 amide bonds. The minimum atomic E-state index is -0.768. The number of aliphatic hydroxyl groups excluding tert-OH is 1. The first-order valence-corrected chi connectivity index (χ1v) is 6.29. The van der Waals surface area contributed by atoms with Gasteiger partial charge >= 0.3 is 5.97 Å². The zero-order chi connectivity index (χ0) is 12.8. The van der Waals surface area contributed by atoms with Gasteiger partial charge in [0.05, 0.1) is 18.5 Å². The van der Waals surface area contributed by atoms with Crippen LogP contribution in [-0.4, -0.2) is 23.4 Å². The number of rotatable bonds is 5. The van der Waals surface area contributed by atoms with Gasteiger partial charge in [0.1, 0.15) is 5.82 Å². The van der Waals surface area contributed by atoms with E-state index in [2.05, 4.69) is 0 Å². The zero-order valence-electron chi connectivity index (χ0n) is 9.77. The second-order valence-corrected chi connectivity index (χ2v) is 4.47. The van der Waals surface area contributed by atoms with Crippen molar-refractivity contribution in [2.75, 3.05) is 12.4 Å². The van der Waals surface area contributed by atoms with E-state index in [9.17, 15) is 14.3 Å². The van der Waals surface area contributed by atoms with Crippen LogP contribution < -0.4 is 0 Å². The summed E-state index contributed by atoms with van der Waals surface area (Å²) in [6.07, 6.45) is -0.768. The predicted molar refractivity (Wildman–Crippen MR) is 64.4 cm³/mol. The zero-order valence-corrected chi connectivity index (χ0v) is 10.6. The maximum atomic E-state index is 13.0. The van der Waals surface area contributed by atoms with Crippen LogP contribution in [0.25, 0.3) is 0 Å². The molecule has 0 radical (unpaired) electrons. The third-order valence-corrected chi connectivity index (χ3v) is 3.14. The van der Waals surface area contributed by atoms with Gasteiger partial charge in [0.25, 0.3) is 0 Å². The highest BCUT2D eigenvalue weighted by molar-refractivity contribution is 8.00. The number of carbonyl (C=O) groups excluding carboxylic acids is 1. The largest absolute Gasteiger partial charge is 0.465 e. The second kappa shape index (κ2) is 6.61. The van der Waals surface area contributed by atoms with Crippen molar-refractivity contribution in [3.63, 3.8) is 0 Å². The smallest absolute Gasteiger partial charge is 0.316 e. The Bertz CT molecular complexity index is 393. The average molecular weight is 258 g/mol. The molecule has 0 aliphatic carbocycles. The number of benzene rings is 1. The van der Waals surface area contributed by atoms with Crippen LogP contribution in [0.15, 0.2) is 23.1 Å². The number of esters is 1. The summed E-state index contributed by atoms with van der Waals surface area (Å²) in [4.78, 5) is 11.9. The quantitative estimate of drug-likeness (QED) is 0.651. The molecule has 0 spiro atoms. The molecular weight excluding hydrogens is 243 g/mol. The molecule has 0 fully saturated rings. The predicted octanol–water partition coefficient (Wildman–Crippen LogP) is 2.53. The van der Waals surface area contributed by atoms with Crippen molar-refractivity contribution >= 4 is 17.7 Å². The molecule has 0 saturated carbocycles. The van der Waals surface area contributed by atoms with E-state index in [0.717, 1.165) is 0 Å². The van der Waals surface area contributed by atoms with Crippen molar-refractivity contribution in [3.05, 3.63) is 29.6 Å². The lowest BCUT2D eigenvalue weighted by Gasteiger charge is -2.11. The normalized spacial score (nSPS) is 12.2. The number of ether oxygens (including phenoxy) is 1. The summed E-state index contributed by atoms with van der Waals surface area (Å²) in [7, 11) is 0. The monoisotopic (exact) mass is 258 g/mol. The molecule has 1 rings (SSSR count). The lowest BCUT2D eigenvalue weighted by Crippen LogP contribution is -2.07. The van der Waals surface area contributed by atoms with Crippen molar-refractivity contribution in [3.8, 4) is 0 Å². The van der Waals surface area contributed by atoms with Gasteiger partial charge < -0.3 is 9.84 Å².